The van der Waals surface area contributed by atoms with Crippen LogP contribution in [-0.2, 0) is 0 Å². The van der Waals surface area contributed by atoms with E-state index < -0.39 is 22.2 Å². The Labute approximate surface area is 424 Å². The third-order valence-corrected chi connectivity index (χ3v) is 14.0. The smallest absolute Gasteiger partial charge is 0.266 e. The van der Waals surface area contributed by atoms with E-state index in [0.29, 0.717) is 44.0 Å². The predicted octanol–water partition coefficient (Wildman–Crippen LogP) is 14.5. The van der Waals surface area contributed by atoms with Gasteiger partial charge in [0.05, 0.1) is 32.9 Å². The molecule has 0 aliphatic carbocycles. The van der Waals surface area contributed by atoms with Gasteiger partial charge in [-0.15, -0.1) is 0 Å². The number of hydrogen-bond donors (Lipinski definition) is 0. The molecule has 0 atom stereocenters. The summed E-state index contributed by atoms with van der Waals surface area (Å²) in [5.74, 6) is 0. The average molecular weight is 955 g/mol. The number of anilines is 6. The second-order valence-electron chi connectivity index (χ2n) is 18.3. The van der Waals surface area contributed by atoms with Crippen LogP contribution in [0.25, 0.3) is 76.7 Å². The van der Waals surface area contributed by atoms with Crippen molar-refractivity contribution in [2.75, 3.05) is 9.80 Å². The first-order valence-electron chi connectivity index (χ1n) is 24.4. The van der Waals surface area contributed by atoms with Gasteiger partial charge < -0.3 is 9.80 Å². The highest BCUT2D eigenvalue weighted by atomic mass is 16.2. The Morgan fingerprint density at radius 3 is 0.811 bits per heavy atom. The zero-order valence-electron chi connectivity index (χ0n) is 39.7. The first kappa shape index (κ1) is 43.8. The summed E-state index contributed by atoms with van der Waals surface area (Å²) in [6.45, 7) is 0. The number of aromatic nitrogens is 2. The van der Waals surface area contributed by atoms with E-state index in [9.17, 15) is 9.59 Å². The third kappa shape index (κ3) is 7.23. The fourth-order valence-corrected chi connectivity index (χ4v) is 10.7. The van der Waals surface area contributed by atoms with Crippen molar-refractivity contribution < 1.29 is 0 Å². The standard InChI is InChI=1S/C66H42N4O4/c71-63-57-41-45-40-56-46(39-55(45)59(43-19-7-1-8-20-43)61(57)65(73)69(63)53-35-31-51(32-36-53)67(47-23-11-3-12-24-47)48-25-13-4-14-26-48)42-58-62(60(56)44-21-9-2-10-22-44)66(74)70(64(58)72)54-37-33-52(34-38-54)68(49-27-15-5-16-28-49)50-29-17-6-18-30-50/h1-42H. The molecule has 0 radical (unpaired) electrons. The van der Waals surface area contributed by atoms with Crippen LogP contribution in [0.5, 0.6) is 0 Å². The number of hydrogen-bond acceptors (Lipinski definition) is 6. The summed E-state index contributed by atoms with van der Waals surface area (Å²) in [5.41, 5.74) is 7.47. The first-order valence-corrected chi connectivity index (χ1v) is 24.4. The molecule has 13 aromatic rings. The first-order chi connectivity index (χ1) is 36.4. The average Bonchev–Trinajstić information content (AvgIpc) is 3.86. The van der Waals surface area contributed by atoms with Crippen molar-refractivity contribution in [2.45, 2.75) is 0 Å². The monoisotopic (exact) mass is 954 g/mol. The van der Waals surface area contributed by atoms with Gasteiger partial charge in [0.2, 0.25) is 0 Å². The molecule has 0 saturated heterocycles. The van der Waals surface area contributed by atoms with Gasteiger partial charge in [-0.3, -0.25) is 19.2 Å². The molecule has 0 bridgehead atoms. The molecule has 0 aliphatic rings. The SMILES string of the molecule is O=c1c2cc3cc4c(-c5ccccc5)c5c(=O)n(-c6ccc(N(c7ccccc7)c7ccccc7)cc6)c(=O)c5cc4cc3c(-c3ccccc3)c2c(=O)n1-c1ccc(N(c2ccccc2)c2ccccc2)cc1. The molecule has 8 nitrogen and oxygen atoms in total. The molecule has 0 saturated carbocycles. The summed E-state index contributed by atoms with van der Waals surface area (Å²) < 4.78 is 2.52. The number of rotatable bonds is 10. The normalized spacial score (nSPS) is 11.5. The van der Waals surface area contributed by atoms with Gasteiger partial charge in [-0.25, -0.2) is 9.13 Å². The van der Waals surface area contributed by atoms with Crippen molar-refractivity contribution in [3.8, 4) is 33.6 Å². The van der Waals surface area contributed by atoms with Crippen molar-refractivity contribution >= 4 is 77.2 Å². The molecule has 0 fully saturated rings. The van der Waals surface area contributed by atoms with Gasteiger partial charge in [0.15, 0.2) is 0 Å². The van der Waals surface area contributed by atoms with E-state index in [1.165, 1.54) is 9.13 Å². The lowest BCUT2D eigenvalue weighted by Gasteiger charge is -2.25. The molecule has 74 heavy (non-hydrogen) atoms. The minimum Gasteiger partial charge on any atom is -0.311 e. The molecule has 0 spiro atoms. The molecule has 0 aliphatic heterocycles. The maximum absolute atomic E-state index is 15.0. The Morgan fingerprint density at radius 2 is 0.514 bits per heavy atom. The Hall–Kier alpha value is -10.2. The molecule has 350 valence electrons. The predicted molar refractivity (Wildman–Crippen MR) is 303 cm³/mol. The highest BCUT2D eigenvalue weighted by Crippen LogP contribution is 2.42. The topological polar surface area (TPSA) is 84.6 Å². The molecule has 8 heteroatoms. The van der Waals surface area contributed by atoms with E-state index in [2.05, 4.69) is 9.80 Å². The van der Waals surface area contributed by atoms with Crippen molar-refractivity contribution in [1.82, 2.24) is 9.13 Å². The summed E-state index contributed by atoms with van der Waals surface area (Å²) in [4.78, 5) is 64.0. The summed E-state index contributed by atoms with van der Waals surface area (Å²) in [7, 11) is 0. The zero-order valence-corrected chi connectivity index (χ0v) is 39.7. The summed E-state index contributed by atoms with van der Waals surface area (Å²) >= 11 is 0. The Bertz CT molecular complexity index is 4090. The second kappa shape index (κ2) is 17.9. The number of fused-ring (bicyclic) bond motifs is 4. The summed E-state index contributed by atoms with van der Waals surface area (Å²) in [6, 6.07) is 82.0. The highest BCUT2D eigenvalue weighted by Gasteiger charge is 2.26. The van der Waals surface area contributed by atoms with Crippen LogP contribution in [0.15, 0.2) is 274 Å². The zero-order chi connectivity index (χ0) is 49.9. The van der Waals surface area contributed by atoms with Gasteiger partial charge in [-0.05, 0) is 154 Å². The van der Waals surface area contributed by atoms with Gasteiger partial charge in [0, 0.05) is 45.3 Å². The van der Waals surface area contributed by atoms with Crippen LogP contribution in [0.3, 0.4) is 0 Å². The number of benzene rings is 11. The van der Waals surface area contributed by atoms with Crippen LogP contribution in [0, 0.1) is 0 Å². The van der Waals surface area contributed by atoms with E-state index >= 15 is 9.59 Å². The maximum atomic E-state index is 15.0. The van der Waals surface area contributed by atoms with Crippen LogP contribution in [-0.4, -0.2) is 9.13 Å². The quantitative estimate of drug-likeness (QED) is 0.127. The van der Waals surface area contributed by atoms with Crippen LogP contribution in [0.2, 0.25) is 0 Å². The summed E-state index contributed by atoms with van der Waals surface area (Å²) in [6.07, 6.45) is 0. The van der Waals surface area contributed by atoms with Gasteiger partial charge in [-0.1, -0.05) is 133 Å². The summed E-state index contributed by atoms with van der Waals surface area (Å²) in [5, 5.41) is 4.03. The van der Waals surface area contributed by atoms with Crippen LogP contribution < -0.4 is 32.0 Å². The van der Waals surface area contributed by atoms with Crippen LogP contribution in [0.4, 0.5) is 34.1 Å². The molecule has 2 aromatic heterocycles. The molecule has 0 N–H and O–H groups in total. The molecule has 0 unspecified atom stereocenters. The fraction of sp³-hybridized carbons (Fsp3) is 0. The molecule has 2 heterocycles. The molecule has 11 aromatic carbocycles. The second-order valence-corrected chi connectivity index (χ2v) is 18.3. The van der Waals surface area contributed by atoms with Crippen molar-refractivity contribution in [1.29, 1.82) is 0 Å². The van der Waals surface area contributed by atoms with Crippen molar-refractivity contribution in [3.05, 3.63) is 296 Å². The largest absolute Gasteiger partial charge is 0.311 e. The van der Waals surface area contributed by atoms with E-state index in [1.54, 1.807) is 12.1 Å². The van der Waals surface area contributed by atoms with Crippen molar-refractivity contribution in [2.24, 2.45) is 0 Å². The van der Waals surface area contributed by atoms with Crippen LogP contribution >= 0.6 is 0 Å². The van der Waals surface area contributed by atoms with Gasteiger partial charge in [0.1, 0.15) is 0 Å². The third-order valence-electron chi connectivity index (χ3n) is 14.0. The Balaban J connectivity index is 0.997. The maximum Gasteiger partial charge on any atom is 0.266 e. The van der Waals surface area contributed by atoms with E-state index in [0.717, 1.165) is 56.0 Å². The lowest BCUT2D eigenvalue weighted by Crippen LogP contribution is -2.23. The van der Waals surface area contributed by atoms with Crippen molar-refractivity contribution in [3.63, 3.8) is 0 Å². The lowest BCUT2D eigenvalue weighted by molar-refractivity contribution is 0.990. The van der Waals surface area contributed by atoms with Gasteiger partial charge in [0.25, 0.3) is 22.2 Å². The highest BCUT2D eigenvalue weighted by molar-refractivity contribution is 6.20. The molecule has 13 rings (SSSR count). The molecule has 0 amide bonds. The van der Waals surface area contributed by atoms with Gasteiger partial charge in [-0.2, -0.15) is 0 Å². The minimum atomic E-state index is -0.435. The number of para-hydroxylation sites is 4. The molecular weight excluding hydrogens is 913 g/mol. The minimum absolute atomic E-state index is 0.279. The van der Waals surface area contributed by atoms with E-state index in [1.807, 2.05) is 243 Å². The Kier molecular flexibility index (Phi) is 10.6. The van der Waals surface area contributed by atoms with Crippen LogP contribution in [0.1, 0.15) is 0 Å². The fourth-order valence-electron chi connectivity index (χ4n) is 10.7. The van der Waals surface area contributed by atoms with Gasteiger partial charge >= 0.3 is 0 Å². The number of nitrogens with zero attached hydrogens (tertiary/aromatic N) is 4. The Morgan fingerprint density at radius 1 is 0.257 bits per heavy atom. The van der Waals surface area contributed by atoms with E-state index in [-0.39, 0.29) is 10.8 Å². The lowest BCUT2D eigenvalue weighted by atomic mass is 9.88. The molecular formula is C66H42N4O4. The van der Waals surface area contributed by atoms with E-state index in [4.69, 9.17) is 0 Å².